The molecular formula is C24H24FN3S. The first kappa shape index (κ1) is 19.4. The van der Waals surface area contributed by atoms with Gasteiger partial charge in [0.2, 0.25) is 0 Å². The first-order chi connectivity index (χ1) is 14.1. The number of H-pyrrole nitrogens is 1. The SMILES string of the molecule is C/C=C(/Cc1ccsc1)Nc1cc2c(/C=C/C3C=CC(F)=CC3)n[nH]c2cc1C. The monoisotopic (exact) mass is 405 g/mol. The largest absolute Gasteiger partial charge is 0.359 e. The van der Waals surface area contributed by atoms with Crippen molar-refractivity contribution in [1.82, 2.24) is 10.2 Å². The maximum Gasteiger partial charge on any atom is 0.118 e. The van der Waals surface area contributed by atoms with Gasteiger partial charge in [-0.05, 0) is 84.5 Å². The summed E-state index contributed by atoms with van der Waals surface area (Å²) in [7, 11) is 0. The zero-order valence-corrected chi connectivity index (χ0v) is 17.4. The second kappa shape index (κ2) is 8.62. The number of hydrogen-bond donors (Lipinski definition) is 2. The van der Waals surface area contributed by atoms with Crippen LogP contribution in [-0.2, 0) is 6.42 Å². The van der Waals surface area contributed by atoms with Crippen LogP contribution in [0.25, 0.3) is 17.0 Å². The molecule has 3 nitrogen and oxygen atoms in total. The lowest BCUT2D eigenvalue weighted by atomic mass is 9.99. The fraction of sp³-hybridized carbons (Fsp3) is 0.208. The molecule has 0 aliphatic heterocycles. The van der Waals surface area contributed by atoms with E-state index in [9.17, 15) is 4.39 Å². The normalized spacial score (nSPS) is 17.3. The van der Waals surface area contributed by atoms with Gasteiger partial charge in [-0.3, -0.25) is 5.10 Å². The average Bonchev–Trinajstić information content (AvgIpc) is 3.37. The van der Waals surface area contributed by atoms with Gasteiger partial charge in [0.05, 0.1) is 11.2 Å². The Hall–Kier alpha value is -2.92. The fourth-order valence-corrected chi connectivity index (χ4v) is 4.10. The van der Waals surface area contributed by atoms with Crippen LogP contribution in [0.3, 0.4) is 0 Å². The molecule has 1 aliphatic carbocycles. The molecule has 2 N–H and O–H groups in total. The third-order valence-electron chi connectivity index (χ3n) is 5.14. The summed E-state index contributed by atoms with van der Waals surface area (Å²) in [5, 5.41) is 16.5. The van der Waals surface area contributed by atoms with Gasteiger partial charge in [-0.2, -0.15) is 16.4 Å². The van der Waals surface area contributed by atoms with Crippen LogP contribution in [0.2, 0.25) is 0 Å². The van der Waals surface area contributed by atoms with Crippen molar-refractivity contribution in [2.24, 2.45) is 5.92 Å². The summed E-state index contributed by atoms with van der Waals surface area (Å²) < 4.78 is 13.1. The van der Waals surface area contributed by atoms with Gasteiger partial charge in [-0.1, -0.05) is 18.2 Å². The van der Waals surface area contributed by atoms with Gasteiger partial charge in [-0.15, -0.1) is 0 Å². The summed E-state index contributed by atoms with van der Waals surface area (Å²) in [4.78, 5) is 0. The number of nitrogens with zero attached hydrogens (tertiary/aromatic N) is 1. The Morgan fingerprint density at radius 2 is 2.31 bits per heavy atom. The maximum atomic E-state index is 13.1. The Labute approximate surface area is 174 Å². The van der Waals surface area contributed by atoms with Gasteiger partial charge in [0.1, 0.15) is 5.83 Å². The molecule has 0 fully saturated rings. The molecule has 1 atom stereocenters. The van der Waals surface area contributed by atoms with Gasteiger partial charge in [-0.25, -0.2) is 4.39 Å². The van der Waals surface area contributed by atoms with Gasteiger partial charge < -0.3 is 5.32 Å². The van der Waals surface area contributed by atoms with E-state index in [-0.39, 0.29) is 11.7 Å². The molecule has 1 aliphatic rings. The summed E-state index contributed by atoms with van der Waals surface area (Å²) >= 11 is 1.72. The minimum Gasteiger partial charge on any atom is -0.359 e. The van der Waals surface area contributed by atoms with E-state index in [1.807, 2.05) is 12.2 Å². The van der Waals surface area contributed by atoms with Crippen molar-refractivity contribution in [3.8, 4) is 0 Å². The molecule has 4 rings (SSSR count). The maximum absolute atomic E-state index is 13.1. The number of allylic oxidation sites excluding steroid dienone is 7. The number of rotatable bonds is 6. The highest BCUT2D eigenvalue weighted by atomic mass is 32.1. The molecule has 148 valence electrons. The highest BCUT2D eigenvalue weighted by Gasteiger charge is 2.10. The molecule has 0 spiro atoms. The Bertz CT molecular complexity index is 1120. The quantitative estimate of drug-likeness (QED) is 0.467. The number of aromatic nitrogens is 2. The summed E-state index contributed by atoms with van der Waals surface area (Å²) in [6.45, 7) is 4.16. The van der Waals surface area contributed by atoms with E-state index >= 15 is 0 Å². The first-order valence-electron chi connectivity index (χ1n) is 9.76. The second-order valence-corrected chi connectivity index (χ2v) is 8.06. The number of halogens is 1. The summed E-state index contributed by atoms with van der Waals surface area (Å²) in [6, 6.07) is 6.44. The Balaban J connectivity index is 1.57. The third kappa shape index (κ3) is 4.57. The number of nitrogens with one attached hydrogen (secondary N) is 2. The Morgan fingerprint density at radius 1 is 1.41 bits per heavy atom. The molecule has 2 aromatic heterocycles. The lowest BCUT2D eigenvalue weighted by Gasteiger charge is -2.13. The second-order valence-electron chi connectivity index (χ2n) is 7.28. The van der Waals surface area contributed by atoms with Gasteiger partial charge in [0.25, 0.3) is 0 Å². The number of hydrogen-bond acceptors (Lipinski definition) is 3. The molecule has 29 heavy (non-hydrogen) atoms. The Kier molecular flexibility index (Phi) is 5.76. The molecule has 5 heteroatoms. The Morgan fingerprint density at radius 3 is 3.03 bits per heavy atom. The highest BCUT2D eigenvalue weighted by molar-refractivity contribution is 7.07. The summed E-state index contributed by atoms with van der Waals surface area (Å²) in [5.74, 6) is 0.0397. The van der Waals surface area contributed by atoms with E-state index in [0.29, 0.717) is 6.42 Å². The van der Waals surface area contributed by atoms with Crippen LogP contribution in [0.4, 0.5) is 10.1 Å². The fourth-order valence-electron chi connectivity index (χ4n) is 3.43. The van der Waals surface area contributed by atoms with Crippen LogP contribution >= 0.6 is 11.3 Å². The number of thiophene rings is 1. The molecule has 0 bridgehead atoms. The molecule has 1 aromatic carbocycles. The van der Waals surface area contributed by atoms with Gasteiger partial charge in [0, 0.05) is 23.2 Å². The first-order valence-corrected chi connectivity index (χ1v) is 10.7. The predicted octanol–water partition coefficient (Wildman–Crippen LogP) is 6.93. The van der Waals surface area contributed by atoms with Crippen molar-refractivity contribution in [3.05, 3.63) is 87.7 Å². The summed E-state index contributed by atoms with van der Waals surface area (Å²) in [5.41, 5.74) is 6.64. The van der Waals surface area contributed by atoms with Crippen LogP contribution < -0.4 is 5.32 Å². The standard InChI is InChI=1S/C24H24FN3S/c1-3-20(13-18-10-11-29-15-18)26-23-14-21-22(27-28-24(21)12-16(23)2)9-6-17-4-7-19(25)8-5-17/h3-4,6-12,14-15,17,26H,5,13H2,1-2H3,(H,27,28)/b9-6+,20-3-. The van der Waals surface area contributed by atoms with Crippen molar-refractivity contribution in [2.45, 2.75) is 26.7 Å². The van der Waals surface area contributed by atoms with Crippen molar-refractivity contribution < 1.29 is 4.39 Å². The molecule has 0 amide bonds. The molecule has 0 radical (unpaired) electrons. The predicted molar refractivity (Wildman–Crippen MR) is 122 cm³/mol. The highest BCUT2D eigenvalue weighted by Crippen LogP contribution is 2.28. The van der Waals surface area contributed by atoms with Crippen molar-refractivity contribution in [2.75, 3.05) is 5.32 Å². The van der Waals surface area contributed by atoms with E-state index in [4.69, 9.17) is 0 Å². The van der Waals surface area contributed by atoms with Crippen LogP contribution in [0.15, 0.2) is 70.9 Å². The molecule has 1 unspecified atom stereocenters. The van der Waals surface area contributed by atoms with E-state index < -0.39 is 0 Å². The minimum absolute atomic E-state index is 0.159. The molecular weight excluding hydrogens is 381 g/mol. The smallest absolute Gasteiger partial charge is 0.118 e. The van der Waals surface area contributed by atoms with Crippen LogP contribution in [-0.4, -0.2) is 10.2 Å². The third-order valence-corrected chi connectivity index (χ3v) is 5.88. The number of anilines is 1. The topological polar surface area (TPSA) is 40.7 Å². The van der Waals surface area contributed by atoms with Gasteiger partial charge in [0.15, 0.2) is 0 Å². The molecule has 0 saturated heterocycles. The van der Waals surface area contributed by atoms with E-state index in [1.165, 1.54) is 17.3 Å². The minimum atomic E-state index is -0.159. The van der Waals surface area contributed by atoms with Crippen molar-refractivity contribution in [3.63, 3.8) is 0 Å². The number of aromatic amines is 1. The van der Waals surface area contributed by atoms with Gasteiger partial charge >= 0.3 is 0 Å². The number of aryl methyl sites for hydroxylation is 1. The molecule has 3 aromatic rings. The summed E-state index contributed by atoms with van der Waals surface area (Å²) in [6.07, 6.45) is 12.8. The number of fused-ring (bicyclic) bond motifs is 1. The lowest BCUT2D eigenvalue weighted by Crippen LogP contribution is -2.03. The van der Waals surface area contributed by atoms with E-state index in [2.05, 4.69) is 70.5 Å². The van der Waals surface area contributed by atoms with E-state index in [1.54, 1.807) is 17.4 Å². The molecule has 2 heterocycles. The molecule has 0 saturated carbocycles. The van der Waals surface area contributed by atoms with Crippen molar-refractivity contribution >= 4 is 34.0 Å². The van der Waals surface area contributed by atoms with Crippen LogP contribution in [0, 0.1) is 12.8 Å². The zero-order chi connectivity index (χ0) is 20.2. The average molecular weight is 406 g/mol. The van der Waals surface area contributed by atoms with Crippen molar-refractivity contribution in [1.29, 1.82) is 0 Å². The zero-order valence-electron chi connectivity index (χ0n) is 16.6. The van der Waals surface area contributed by atoms with Crippen LogP contribution in [0.1, 0.15) is 30.2 Å². The number of benzene rings is 1. The van der Waals surface area contributed by atoms with Crippen LogP contribution in [0.5, 0.6) is 0 Å². The lowest BCUT2D eigenvalue weighted by molar-refractivity contribution is 0.639. The van der Waals surface area contributed by atoms with E-state index in [0.717, 1.165) is 34.3 Å².